The van der Waals surface area contributed by atoms with Gasteiger partial charge in [0.2, 0.25) is 0 Å². The van der Waals surface area contributed by atoms with Crippen LogP contribution in [0.2, 0.25) is 0 Å². The van der Waals surface area contributed by atoms with Crippen molar-refractivity contribution in [1.29, 1.82) is 0 Å². The van der Waals surface area contributed by atoms with Gasteiger partial charge in [-0.25, -0.2) is 5.43 Å². The molecule has 1 N–H and O–H groups in total. The van der Waals surface area contributed by atoms with Gasteiger partial charge in [0.1, 0.15) is 0 Å². The summed E-state index contributed by atoms with van der Waals surface area (Å²) in [6, 6.07) is 17.4. The zero-order chi connectivity index (χ0) is 17.2. The summed E-state index contributed by atoms with van der Waals surface area (Å²) in [5.74, 6) is 0.271. The molecular weight excluding hydrogens is 378 g/mol. The fourth-order valence-electron chi connectivity index (χ4n) is 2.78. The summed E-state index contributed by atoms with van der Waals surface area (Å²) in [6.45, 7) is 0. The molecule has 124 valence electrons. The number of nitrogens with zero attached hydrogens (tertiary/aromatic N) is 2. The zero-order valence-corrected chi connectivity index (χ0v) is 15.0. The van der Waals surface area contributed by atoms with E-state index in [0.717, 1.165) is 39.5 Å². The van der Waals surface area contributed by atoms with E-state index in [9.17, 15) is 4.79 Å². The molecular formula is C20H16BrN3O. The maximum absolute atomic E-state index is 12.6. The van der Waals surface area contributed by atoms with Gasteiger partial charge in [0.05, 0.1) is 17.3 Å². The Morgan fingerprint density at radius 1 is 1.16 bits per heavy atom. The normalized spacial score (nSPS) is 14.1. The number of nitrogens with one attached hydrogen (secondary N) is 1. The number of aromatic nitrogens is 1. The Morgan fingerprint density at radius 3 is 2.80 bits per heavy atom. The number of hydrazone groups is 1. The van der Waals surface area contributed by atoms with Gasteiger partial charge < -0.3 is 0 Å². The minimum Gasteiger partial charge on any atom is -0.267 e. The summed E-state index contributed by atoms with van der Waals surface area (Å²) in [4.78, 5) is 17.3. The standard InChI is InChI=1S/C20H16BrN3O/c21-15-5-3-4-13(10-15)12-22-24-20(25)17-11-19(14-8-9-14)23-18-7-2-1-6-16(17)18/h1-7,10-12,14H,8-9H2,(H,24,25). The van der Waals surface area contributed by atoms with Crippen LogP contribution in [-0.4, -0.2) is 17.1 Å². The number of para-hydroxylation sites is 1. The first-order valence-corrected chi connectivity index (χ1v) is 8.99. The number of carbonyl (C=O) groups excluding carboxylic acids is 1. The number of pyridine rings is 1. The first-order chi connectivity index (χ1) is 12.2. The molecule has 1 aromatic heterocycles. The summed E-state index contributed by atoms with van der Waals surface area (Å²) in [6.07, 6.45) is 3.93. The van der Waals surface area contributed by atoms with Gasteiger partial charge in [-0.1, -0.05) is 46.3 Å². The molecule has 0 saturated heterocycles. The van der Waals surface area contributed by atoms with Crippen molar-refractivity contribution in [2.24, 2.45) is 5.10 Å². The third kappa shape index (κ3) is 3.61. The van der Waals surface area contributed by atoms with Crippen LogP contribution < -0.4 is 5.43 Å². The summed E-state index contributed by atoms with van der Waals surface area (Å²) in [7, 11) is 0. The van der Waals surface area contributed by atoms with Crippen molar-refractivity contribution in [1.82, 2.24) is 10.4 Å². The lowest BCUT2D eigenvalue weighted by molar-refractivity contribution is 0.0956. The first kappa shape index (κ1) is 16.0. The fraction of sp³-hybridized carbons (Fsp3) is 0.150. The highest BCUT2D eigenvalue weighted by Gasteiger charge is 2.26. The third-order valence-electron chi connectivity index (χ3n) is 4.20. The van der Waals surface area contributed by atoms with Crippen LogP contribution in [0.5, 0.6) is 0 Å². The van der Waals surface area contributed by atoms with Crippen LogP contribution in [0.15, 0.2) is 64.2 Å². The van der Waals surface area contributed by atoms with Crippen molar-refractivity contribution in [3.63, 3.8) is 0 Å². The van der Waals surface area contributed by atoms with Crippen LogP contribution in [-0.2, 0) is 0 Å². The van der Waals surface area contributed by atoms with Crippen molar-refractivity contribution < 1.29 is 4.79 Å². The van der Waals surface area contributed by atoms with Crippen LogP contribution in [0, 0.1) is 0 Å². The number of rotatable bonds is 4. The molecule has 3 aromatic rings. The van der Waals surface area contributed by atoms with Gasteiger partial charge in [0.15, 0.2) is 0 Å². The lowest BCUT2D eigenvalue weighted by atomic mass is 10.1. The molecule has 1 aliphatic carbocycles. The van der Waals surface area contributed by atoms with E-state index in [1.165, 1.54) is 0 Å². The Kier molecular flexibility index (Phi) is 4.32. The quantitative estimate of drug-likeness (QED) is 0.518. The first-order valence-electron chi connectivity index (χ1n) is 8.19. The van der Waals surface area contributed by atoms with Gasteiger partial charge in [-0.3, -0.25) is 9.78 Å². The van der Waals surface area contributed by atoms with E-state index in [0.29, 0.717) is 11.5 Å². The van der Waals surface area contributed by atoms with Crippen LogP contribution in [0.25, 0.3) is 10.9 Å². The van der Waals surface area contributed by atoms with Crippen molar-refractivity contribution in [2.45, 2.75) is 18.8 Å². The molecule has 4 rings (SSSR count). The largest absolute Gasteiger partial charge is 0.272 e. The Balaban J connectivity index is 1.61. The van der Waals surface area contributed by atoms with Gasteiger partial charge in [0.25, 0.3) is 5.91 Å². The molecule has 0 spiro atoms. The van der Waals surface area contributed by atoms with Crippen LogP contribution in [0.4, 0.5) is 0 Å². The molecule has 0 bridgehead atoms. The van der Waals surface area contributed by atoms with Crippen LogP contribution in [0.1, 0.15) is 40.4 Å². The van der Waals surface area contributed by atoms with E-state index < -0.39 is 0 Å². The number of carbonyl (C=O) groups is 1. The Hall–Kier alpha value is -2.53. The van der Waals surface area contributed by atoms with E-state index >= 15 is 0 Å². The topological polar surface area (TPSA) is 54.4 Å². The molecule has 0 radical (unpaired) electrons. The smallest absolute Gasteiger partial charge is 0.267 e. The number of fused-ring (bicyclic) bond motifs is 1. The third-order valence-corrected chi connectivity index (χ3v) is 4.70. The van der Waals surface area contributed by atoms with Gasteiger partial charge in [-0.15, -0.1) is 0 Å². The molecule has 1 fully saturated rings. The number of amides is 1. The number of benzene rings is 2. The molecule has 5 heteroatoms. The van der Waals surface area contributed by atoms with Crippen LogP contribution in [0.3, 0.4) is 0 Å². The van der Waals surface area contributed by atoms with Crippen molar-refractivity contribution >= 4 is 39.0 Å². The molecule has 2 aromatic carbocycles. The monoisotopic (exact) mass is 393 g/mol. The minimum atomic E-state index is -0.216. The maximum atomic E-state index is 12.6. The lowest BCUT2D eigenvalue weighted by Crippen LogP contribution is -2.18. The average Bonchev–Trinajstić information content (AvgIpc) is 3.46. The van der Waals surface area contributed by atoms with Crippen LogP contribution >= 0.6 is 15.9 Å². The lowest BCUT2D eigenvalue weighted by Gasteiger charge is -2.08. The molecule has 4 nitrogen and oxygen atoms in total. The highest BCUT2D eigenvalue weighted by atomic mass is 79.9. The predicted octanol–water partition coefficient (Wildman–Crippen LogP) is 4.64. The second kappa shape index (κ2) is 6.76. The van der Waals surface area contributed by atoms with Gasteiger partial charge in [-0.05, 0) is 42.7 Å². The Bertz CT molecular complexity index is 980. The zero-order valence-electron chi connectivity index (χ0n) is 13.4. The minimum absolute atomic E-state index is 0.216. The van der Waals surface area contributed by atoms with E-state index in [2.05, 4.69) is 26.5 Å². The van der Waals surface area contributed by atoms with Crippen molar-refractivity contribution in [3.05, 3.63) is 75.9 Å². The van der Waals surface area contributed by atoms with E-state index in [4.69, 9.17) is 4.98 Å². The summed E-state index contributed by atoms with van der Waals surface area (Å²) >= 11 is 3.42. The highest BCUT2D eigenvalue weighted by Crippen LogP contribution is 2.40. The highest BCUT2D eigenvalue weighted by molar-refractivity contribution is 9.10. The van der Waals surface area contributed by atoms with Gasteiger partial charge in [-0.2, -0.15) is 5.10 Å². The molecule has 1 saturated carbocycles. The molecule has 0 atom stereocenters. The molecule has 1 amide bonds. The molecule has 0 aliphatic heterocycles. The van der Waals surface area contributed by atoms with Gasteiger partial charge in [0, 0.05) is 21.5 Å². The van der Waals surface area contributed by atoms with Crippen molar-refractivity contribution in [3.8, 4) is 0 Å². The molecule has 1 heterocycles. The average molecular weight is 394 g/mol. The van der Waals surface area contributed by atoms with Gasteiger partial charge >= 0.3 is 0 Å². The SMILES string of the molecule is O=C(NN=Cc1cccc(Br)c1)c1cc(C2CC2)nc2ccccc12. The predicted molar refractivity (Wildman–Crippen MR) is 103 cm³/mol. The molecule has 0 unspecified atom stereocenters. The second-order valence-electron chi connectivity index (χ2n) is 6.14. The number of hydrogen-bond donors (Lipinski definition) is 1. The number of halogens is 1. The molecule has 1 aliphatic rings. The fourth-order valence-corrected chi connectivity index (χ4v) is 3.20. The Morgan fingerprint density at radius 2 is 2.00 bits per heavy atom. The number of hydrogen-bond acceptors (Lipinski definition) is 3. The van der Waals surface area contributed by atoms with E-state index in [-0.39, 0.29) is 5.91 Å². The maximum Gasteiger partial charge on any atom is 0.272 e. The van der Waals surface area contributed by atoms with E-state index in [1.807, 2.05) is 54.6 Å². The van der Waals surface area contributed by atoms with Crippen molar-refractivity contribution in [2.75, 3.05) is 0 Å². The van der Waals surface area contributed by atoms with E-state index in [1.54, 1.807) is 6.21 Å². The Labute approximate surface area is 154 Å². The molecule has 25 heavy (non-hydrogen) atoms. The second-order valence-corrected chi connectivity index (χ2v) is 7.06. The summed E-state index contributed by atoms with van der Waals surface area (Å²) < 4.78 is 0.969. The summed E-state index contributed by atoms with van der Waals surface area (Å²) in [5.41, 5.74) is 6.02. The summed E-state index contributed by atoms with van der Waals surface area (Å²) in [5, 5.41) is 4.94.